The predicted molar refractivity (Wildman–Crippen MR) is 70.4 cm³/mol. The van der Waals surface area contributed by atoms with Crippen LogP contribution in [0.25, 0.3) is 0 Å². The van der Waals surface area contributed by atoms with E-state index in [0.29, 0.717) is 30.7 Å². The fourth-order valence-electron chi connectivity index (χ4n) is 1.27. The SMILES string of the molecule is CCc1nc(NN)cc(OCCOC(C)(C)C)n1. The third-order valence-electron chi connectivity index (χ3n) is 2.08. The summed E-state index contributed by atoms with van der Waals surface area (Å²) in [6.45, 7) is 8.94. The van der Waals surface area contributed by atoms with Gasteiger partial charge in [-0.1, -0.05) is 6.92 Å². The lowest BCUT2D eigenvalue weighted by molar-refractivity contribution is -0.0168. The van der Waals surface area contributed by atoms with Crippen molar-refractivity contribution in [1.82, 2.24) is 9.97 Å². The molecule has 0 aliphatic heterocycles. The smallest absolute Gasteiger partial charge is 0.218 e. The molecule has 0 saturated heterocycles. The number of anilines is 1. The lowest BCUT2D eigenvalue weighted by Crippen LogP contribution is -2.22. The van der Waals surface area contributed by atoms with E-state index >= 15 is 0 Å². The average molecular weight is 254 g/mol. The minimum atomic E-state index is -0.159. The van der Waals surface area contributed by atoms with Crippen molar-refractivity contribution in [3.8, 4) is 5.88 Å². The first-order valence-corrected chi connectivity index (χ1v) is 6.06. The highest BCUT2D eigenvalue weighted by atomic mass is 16.5. The van der Waals surface area contributed by atoms with Gasteiger partial charge in [0, 0.05) is 12.5 Å². The van der Waals surface area contributed by atoms with E-state index in [2.05, 4.69) is 15.4 Å². The standard InChI is InChI=1S/C12H22N4O2/c1-5-9-14-10(16-13)8-11(15-9)17-6-7-18-12(2,3)4/h8H,5-7,13H2,1-4H3,(H,14,15,16). The van der Waals surface area contributed by atoms with Crippen molar-refractivity contribution in [3.05, 3.63) is 11.9 Å². The molecule has 1 rings (SSSR count). The van der Waals surface area contributed by atoms with Gasteiger partial charge in [0.05, 0.1) is 12.2 Å². The fraction of sp³-hybridized carbons (Fsp3) is 0.667. The number of hydrogen-bond acceptors (Lipinski definition) is 6. The molecule has 18 heavy (non-hydrogen) atoms. The van der Waals surface area contributed by atoms with Crippen LogP contribution < -0.4 is 16.0 Å². The van der Waals surface area contributed by atoms with Crippen LogP contribution in [-0.2, 0) is 11.2 Å². The zero-order valence-electron chi connectivity index (χ0n) is 11.5. The number of nitrogen functional groups attached to an aromatic ring is 1. The molecule has 0 aromatic carbocycles. The number of hydrazine groups is 1. The van der Waals surface area contributed by atoms with Crippen LogP contribution in [0.1, 0.15) is 33.5 Å². The molecule has 1 aromatic rings. The largest absolute Gasteiger partial charge is 0.475 e. The Bertz CT molecular complexity index is 355. The van der Waals surface area contributed by atoms with E-state index in [0.717, 1.165) is 6.42 Å². The highest BCUT2D eigenvalue weighted by molar-refractivity contribution is 5.36. The molecular weight excluding hydrogens is 232 g/mol. The molecule has 0 bridgehead atoms. The molecular formula is C12H22N4O2. The third kappa shape index (κ3) is 5.29. The number of ether oxygens (including phenoxy) is 2. The molecule has 6 nitrogen and oxygen atoms in total. The maximum absolute atomic E-state index is 5.56. The number of hydrogen-bond donors (Lipinski definition) is 2. The lowest BCUT2D eigenvalue weighted by atomic mass is 10.2. The molecule has 0 aliphatic carbocycles. The van der Waals surface area contributed by atoms with Gasteiger partial charge in [-0.15, -0.1) is 0 Å². The Hall–Kier alpha value is -1.40. The minimum Gasteiger partial charge on any atom is -0.475 e. The van der Waals surface area contributed by atoms with Gasteiger partial charge in [-0.05, 0) is 20.8 Å². The maximum Gasteiger partial charge on any atom is 0.218 e. The molecule has 0 spiro atoms. The molecule has 1 aromatic heterocycles. The first-order valence-electron chi connectivity index (χ1n) is 6.06. The second-order valence-corrected chi connectivity index (χ2v) is 4.81. The molecule has 3 N–H and O–H groups in total. The number of aromatic nitrogens is 2. The van der Waals surface area contributed by atoms with Gasteiger partial charge >= 0.3 is 0 Å². The molecule has 0 unspecified atom stereocenters. The van der Waals surface area contributed by atoms with Crippen molar-refractivity contribution in [2.45, 2.75) is 39.7 Å². The van der Waals surface area contributed by atoms with Gasteiger partial charge in [-0.2, -0.15) is 4.98 Å². The van der Waals surface area contributed by atoms with Gasteiger partial charge in [-0.3, -0.25) is 0 Å². The van der Waals surface area contributed by atoms with Gasteiger partial charge in [0.2, 0.25) is 5.88 Å². The molecule has 1 heterocycles. The van der Waals surface area contributed by atoms with Crippen molar-refractivity contribution in [2.24, 2.45) is 5.84 Å². The van der Waals surface area contributed by atoms with Crippen LogP contribution in [0, 0.1) is 0 Å². The molecule has 0 fully saturated rings. The van der Waals surface area contributed by atoms with E-state index in [1.54, 1.807) is 6.07 Å². The zero-order valence-corrected chi connectivity index (χ0v) is 11.5. The van der Waals surface area contributed by atoms with Crippen LogP contribution in [0.15, 0.2) is 6.07 Å². The van der Waals surface area contributed by atoms with Crippen molar-refractivity contribution < 1.29 is 9.47 Å². The van der Waals surface area contributed by atoms with Gasteiger partial charge in [0.1, 0.15) is 18.2 Å². The Labute approximate surface area is 108 Å². The van der Waals surface area contributed by atoms with E-state index < -0.39 is 0 Å². The molecule has 6 heteroatoms. The Balaban J connectivity index is 2.51. The van der Waals surface area contributed by atoms with Crippen LogP contribution in [0.4, 0.5) is 5.82 Å². The number of aryl methyl sites for hydroxylation is 1. The second kappa shape index (κ2) is 6.51. The molecule has 0 radical (unpaired) electrons. The van der Waals surface area contributed by atoms with Crippen molar-refractivity contribution in [2.75, 3.05) is 18.6 Å². The summed E-state index contributed by atoms with van der Waals surface area (Å²) in [5.41, 5.74) is 2.34. The number of rotatable bonds is 6. The topological polar surface area (TPSA) is 82.3 Å². The highest BCUT2D eigenvalue weighted by Gasteiger charge is 2.10. The van der Waals surface area contributed by atoms with Crippen LogP contribution in [0.5, 0.6) is 5.88 Å². The molecule has 0 amide bonds. The van der Waals surface area contributed by atoms with Crippen molar-refractivity contribution >= 4 is 5.82 Å². The minimum absolute atomic E-state index is 0.159. The van der Waals surface area contributed by atoms with Gasteiger partial charge in [0.25, 0.3) is 0 Å². The van der Waals surface area contributed by atoms with Crippen LogP contribution in [0.3, 0.4) is 0 Å². The maximum atomic E-state index is 5.56. The summed E-state index contributed by atoms with van der Waals surface area (Å²) in [6.07, 6.45) is 0.727. The molecule has 0 atom stereocenters. The van der Waals surface area contributed by atoms with Crippen LogP contribution in [0.2, 0.25) is 0 Å². The number of nitrogens with two attached hydrogens (primary N) is 1. The average Bonchev–Trinajstić information content (AvgIpc) is 2.33. The third-order valence-corrected chi connectivity index (χ3v) is 2.08. The first-order chi connectivity index (χ1) is 8.44. The quantitative estimate of drug-likeness (QED) is 0.455. The predicted octanol–water partition coefficient (Wildman–Crippen LogP) is 1.52. The highest BCUT2D eigenvalue weighted by Crippen LogP contribution is 2.13. The van der Waals surface area contributed by atoms with Gasteiger partial charge in [-0.25, -0.2) is 10.8 Å². The normalized spacial score (nSPS) is 11.4. The van der Waals surface area contributed by atoms with E-state index in [9.17, 15) is 0 Å². The Morgan fingerprint density at radius 1 is 1.28 bits per heavy atom. The van der Waals surface area contributed by atoms with Crippen LogP contribution >= 0.6 is 0 Å². The lowest BCUT2D eigenvalue weighted by Gasteiger charge is -2.19. The van der Waals surface area contributed by atoms with E-state index in [-0.39, 0.29) is 5.60 Å². The monoisotopic (exact) mass is 254 g/mol. The summed E-state index contributed by atoms with van der Waals surface area (Å²) >= 11 is 0. The van der Waals surface area contributed by atoms with Gasteiger partial charge in [0.15, 0.2) is 0 Å². The summed E-state index contributed by atoms with van der Waals surface area (Å²) in [7, 11) is 0. The number of nitrogens with zero attached hydrogens (tertiary/aromatic N) is 2. The fourth-order valence-corrected chi connectivity index (χ4v) is 1.27. The summed E-state index contributed by atoms with van der Waals surface area (Å²) in [6, 6.07) is 1.66. The summed E-state index contributed by atoms with van der Waals surface area (Å²) in [5, 5.41) is 0. The molecule has 0 aliphatic rings. The van der Waals surface area contributed by atoms with Crippen LogP contribution in [-0.4, -0.2) is 28.8 Å². The Kier molecular flexibility index (Phi) is 5.30. The van der Waals surface area contributed by atoms with E-state index in [1.807, 2.05) is 27.7 Å². The van der Waals surface area contributed by atoms with Crippen molar-refractivity contribution in [3.63, 3.8) is 0 Å². The molecule has 0 saturated carbocycles. The zero-order chi connectivity index (χ0) is 13.6. The molecule has 102 valence electrons. The summed E-state index contributed by atoms with van der Waals surface area (Å²) in [5.74, 6) is 7.08. The summed E-state index contributed by atoms with van der Waals surface area (Å²) in [4.78, 5) is 8.43. The van der Waals surface area contributed by atoms with E-state index in [4.69, 9.17) is 15.3 Å². The Morgan fingerprint density at radius 2 is 2.00 bits per heavy atom. The first kappa shape index (κ1) is 14.7. The number of nitrogens with one attached hydrogen (secondary N) is 1. The summed E-state index contributed by atoms with van der Waals surface area (Å²) < 4.78 is 11.1. The van der Waals surface area contributed by atoms with Gasteiger partial charge < -0.3 is 14.9 Å². The second-order valence-electron chi connectivity index (χ2n) is 4.81. The van der Waals surface area contributed by atoms with E-state index in [1.165, 1.54) is 0 Å². The Morgan fingerprint density at radius 3 is 2.56 bits per heavy atom. The van der Waals surface area contributed by atoms with Crippen molar-refractivity contribution in [1.29, 1.82) is 0 Å².